The van der Waals surface area contributed by atoms with Gasteiger partial charge in [0.1, 0.15) is 5.76 Å². The van der Waals surface area contributed by atoms with Gasteiger partial charge >= 0.3 is 0 Å². The third kappa shape index (κ3) is 2.90. The molecule has 0 amide bonds. The van der Waals surface area contributed by atoms with Crippen molar-refractivity contribution in [1.82, 2.24) is 9.71 Å². The molecule has 0 atom stereocenters. The molecular weight excluding hydrogens is 276 g/mol. The van der Waals surface area contributed by atoms with Gasteiger partial charge in [0.25, 0.3) is 0 Å². The van der Waals surface area contributed by atoms with E-state index in [0.29, 0.717) is 16.5 Å². The van der Waals surface area contributed by atoms with Crippen molar-refractivity contribution in [1.29, 1.82) is 0 Å². The molecule has 0 radical (unpaired) electrons. The number of oxazole rings is 1. The highest BCUT2D eigenvalue weighted by Gasteiger charge is 2.15. The molecule has 5 nitrogen and oxygen atoms in total. The van der Waals surface area contributed by atoms with E-state index in [4.69, 9.17) is 16.0 Å². The first-order valence-electron chi connectivity index (χ1n) is 5.13. The molecule has 0 saturated heterocycles. The van der Waals surface area contributed by atoms with Crippen LogP contribution in [-0.4, -0.2) is 13.4 Å². The zero-order valence-corrected chi connectivity index (χ0v) is 11.1. The summed E-state index contributed by atoms with van der Waals surface area (Å²) in [5.74, 6) is 0.493. The van der Waals surface area contributed by atoms with Crippen LogP contribution in [0.15, 0.2) is 40.0 Å². The predicted octanol–water partition coefficient (Wildman–Crippen LogP) is 2.11. The smallest absolute Gasteiger partial charge is 0.240 e. The molecule has 2 aromatic rings. The van der Waals surface area contributed by atoms with E-state index in [1.807, 2.05) is 0 Å². The van der Waals surface area contributed by atoms with Gasteiger partial charge in [-0.1, -0.05) is 11.6 Å². The second-order valence-electron chi connectivity index (χ2n) is 3.64. The van der Waals surface area contributed by atoms with E-state index in [2.05, 4.69) is 9.71 Å². The van der Waals surface area contributed by atoms with Crippen molar-refractivity contribution in [2.24, 2.45) is 0 Å². The first-order valence-corrected chi connectivity index (χ1v) is 6.99. The molecule has 1 N–H and O–H groups in total. The molecule has 0 spiro atoms. The van der Waals surface area contributed by atoms with Gasteiger partial charge in [-0.05, 0) is 31.2 Å². The Labute approximate surface area is 110 Å². The Hall–Kier alpha value is -1.37. The molecule has 96 valence electrons. The zero-order chi connectivity index (χ0) is 13.2. The Morgan fingerprint density at radius 2 is 2.00 bits per heavy atom. The fraction of sp³-hybridized carbons (Fsp3) is 0.182. The molecule has 0 aliphatic heterocycles. The van der Waals surface area contributed by atoms with Gasteiger partial charge in [0.15, 0.2) is 6.39 Å². The van der Waals surface area contributed by atoms with E-state index < -0.39 is 10.0 Å². The van der Waals surface area contributed by atoms with Crippen molar-refractivity contribution in [2.45, 2.75) is 18.4 Å². The Kier molecular flexibility index (Phi) is 3.70. The number of aromatic nitrogens is 1. The summed E-state index contributed by atoms with van der Waals surface area (Å²) >= 11 is 5.70. The van der Waals surface area contributed by atoms with Gasteiger partial charge in [-0.2, -0.15) is 0 Å². The summed E-state index contributed by atoms with van der Waals surface area (Å²) in [4.78, 5) is 4.04. The number of hydrogen-bond donors (Lipinski definition) is 1. The molecule has 0 aliphatic carbocycles. The molecule has 0 unspecified atom stereocenters. The fourth-order valence-electron chi connectivity index (χ4n) is 1.35. The molecule has 7 heteroatoms. The monoisotopic (exact) mass is 286 g/mol. The average Bonchev–Trinajstić information content (AvgIpc) is 2.73. The number of rotatable bonds is 4. The van der Waals surface area contributed by atoms with Gasteiger partial charge in [-0.3, -0.25) is 0 Å². The summed E-state index contributed by atoms with van der Waals surface area (Å²) in [5.41, 5.74) is 0.661. The number of benzene rings is 1. The molecule has 0 saturated carbocycles. The number of aryl methyl sites for hydroxylation is 1. The van der Waals surface area contributed by atoms with Gasteiger partial charge < -0.3 is 4.42 Å². The normalized spacial score (nSPS) is 11.7. The van der Waals surface area contributed by atoms with Crippen LogP contribution in [0.3, 0.4) is 0 Å². The number of hydrogen-bond acceptors (Lipinski definition) is 4. The zero-order valence-electron chi connectivity index (χ0n) is 9.55. The topological polar surface area (TPSA) is 72.2 Å². The lowest BCUT2D eigenvalue weighted by Gasteiger charge is -2.05. The molecule has 0 aliphatic rings. The van der Waals surface area contributed by atoms with Crippen LogP contribution in [0.1, 0.15) is 11.5 Å². The van der Waals surface area contributed by atoms with Crippen LogP contribution >= 0.6 is 11.6 Å². The Balaban J connectivity index is 2.13. The first kappa shape index (κ1) is 13.1. The number of nitrogens with zero attached hydrogens (tertiary/aromatic N) is 1. The lowest BCUT2D eigenvalue weighted by atomic mass is 10.4. The Bertz CT molecular complexity index is 635. The van der Waals surface area contributed by atoms with Crippen molar-refractivity contribution >= 4 is 21.6 Å². The van der Waals surface area contributed by atoms with Crippen molar-refractivity contribution in [3.8, 4) is 0 Å². The van der Waals surface area contributed by atoms with Crippen LogP contribution in [0, 0.1) is 6.92 Å². The SMILES string of the molecule is Cc1ncoc1CNS(=O)(=O)c1ccc(Cl)cc1. The standard InChI is InChI=1S/C11H11ClN2O3S/c1-8-11(17-7-13-8)6-14-18(15,16)10-4-2-9(12)3-5-10/h2-5,7,14H,6H2,1H3. The number of nitrogens with one attached hydrogen (secondary N) is 1. The van der Waals surface area contributed by atoms with Gasteiger partial charge in [0, 0.05) is 5.02 Å². The number of halogens is 1. The van der Waals surface area contributed by atoms with Crippen LogP contribution in [0.2, 0.25) is 5.02 Å². The quantitative estimate of drug-likeness (QED) is 0.934. The van der Waals surface area contributed by atoms with E-state index in [1.54, 1.807) is 6.92 Å². The van der Waals surface area contributed by atoms with Crippen molar-refractivity contribution in [2.75, 3.05) is 0 Å². The van der Waals surface area contributed by atoms with Crippen LogP contribution in [0.4, 0.5) is 0 Å². The third-order valence-corrected chi connectivity index (χ3v) is 4.06. The molecule has 18 heavy (non-hydrogen) atoms. The maximum atomic E-state index is 11.9. The Morgan fingerprint density at radius 1 is 1.33 bits per heavy atom. The minimum atomic E-state index is -3.57. The summed E-state index contributed by atoms with van der Waals surface area (Å²) in [6.07, 6.45) is 1.28. The highest BCUT2D eigenvalue weighted by atomic mass is 35.5. The summed E-state index contributed by atoms with van der Waals surface area (Å²) in [6.45, 7) is 1.81. The van der Waals surface area contributed by atoms with Crippen molar-refractivity contribution < 1.29 is 12.8 Å². The van der Waals surface area contributed by atoms with Crippen LogP contribution in [0.25, 0.3) is 0 Å². The molecular formula is C11H11ClN2O3S. The van der Waals surface area contributed by atoms with E-state index in [1.165, 1.54) is 30.7 Å². The van der Waals surface area contributed by atoms with Crippen LogP contribution in [0.5, 0.6) is 0 Å². The Morgan fingerprint density at radius 3 is 2.56 bits per heavy atom. The van der Waals surface area contributed by atoms with Gasteiger partial charge in [0.2, 0.25) is 10.0 Å². The average molecular weight is 287 g/mol. The third-order valence-electron chi connectivity index (χ3n) is 2.39. The highest BCUT2D eigenvalue weighted by Crippen LogP contribution is 2.14. The van der Waals surface area contributed by atoms with Gasteiger partial charge in [-0.25, -0.2) is 18.1 Å². The van der Waals surface area contributed by atoms with Crippen molar-refractivity contribution in [3.63, 3.8) is 0 Å². The van der Waals surface area contributed by atoms with E-state index in [0.717, 1.165) is 0 Å². The summed E-state index contributed by atoms with van der Waals surface area (Å²) in [7, 11) is -3.57. The second kappa shape index (κ2) is 5.09. The van der Waals surface area contributed by atoms with E-state index in [9.17, 15) is 8.42 Å². The van der Waals surface area contributed by atoms with Crippen LogP contribution < -0.4 is 4.72 Å². The summed E-state index contributed by atoms with van der Waals surface area (Å²) in [6, 6.07) is 5.93. The number of sulfonamides is 1. The highest BCUT2D eigenvalue weighted by molar-refractivity contribution is 7.89. The first-order chi connectivity index (χ1) is 8.49. The minimum absolute atomic E-state index is 0.0663. The maximum Gasteiger partial charge on any atom is 0.240 e. The van der Waals surface area contributed by atoms with Crippen LogP contribution in [-0.2, 0) is 16.6 Å². The maximum absolute atomic E-state index is 11.9. The molecule has 1 aromatic carbocycles. The van der Waals surface area contributed by atoms with Gasteiger partial charge in [0.05, 0.1) is 17.1 Å². The molecule has 1 heterocycles. The molecule has 1 aromatic heterocycles. The lowest BCUT2D eigenvalue weighted by Crippen LogP contribution is -2.23. The molecule has 0 fully saturated rings. The fourth-order valence-corrected chi connectivity index (χ4v) is 2.46. The molecule has 2 rings (SSSR count). The second-order valence-corrected chi connectivity index (χ2v) is 5.84. The summed E-state index contributed by atoms with van der Waals surface area (Å²) in [5, 5.41) is 0.486. The van der Waals surface area contributed by atoms with E-state index >= 15 is 0 Å². The predicted molar refractivity (Wildman–Crippen MR) is 66.7 cm³/mol. The van der Waals surface area contributed by atoms with Gasteiger partial charge in [-0.15, -0.1) is 0 Å². The largest absolute Gasteiger partial charge is 0.447 e. The van der Waals surface area contributed by atoms with E-state index in [-0.39, 0.29) is 11.4 Å². The van der Waals surface area contributed by atoms with Crippen molar-refractivity contribution in [3.05, 3.63) is 47.1 Å². The molecule has 0 bridgehead atoms. The summed E-state index contributed by atoms with van der Waals surface area (Å²) < 4.78 is 31.4. The lowest BCUT2D eigenvalue weighted by molar-refractivity contribution is 0.492. The minimum Gasteiger partial charge on any atom is -0.447 e.